The summed E-state index contributed by atoms with van der Waals surface area (Å²) in [5.74, 6) is 0.100. The summed E-state index contributed by atoms with van der Waals surface area (Å²) in [6, 6.07) is 14.2. The van der Waals surface area contributed by atoms with Crippen molar-refractivity contribution >= 4 is 17.5 Å². The molecule has 0 aromatic heterocycles. The van der Waals surface area contributed by atoms with E-state index in [4.69, 9.17) is 4.74 Å². The zero-order valence-electron chi connectivity index (χ0n) is 12.6. The highest BCUT2D eigenvalue weighted by Crippen LogP contribution is 2.11. The van der Waals surface area contributed by atoms with Crippen LogP contribution in [0.2, 0.25) is 0 Å². The first-order valence-electron chi connectivity index (χ1n) is 6.87. The Morgan fingerprint density at radius 3 is 2.45 bits per heavy atom. The Morgan fingerprint density at radius 2 is 1.82 bits per heavy atom. The number of carbonyl (C=O) groups is 2. The lowest BCUT2D eigenvalue weighted by Gasteiger charge is -2.08. The van der Waals surface area contributed by atoms with E-state index in [-0.39, 0.29) is 18.4 Å². The number of hydrogen-bond donors (Lipinski definition) is 2. The van der Waals surface area contributed by atoms with Gasteiger partial charge in [-0.25, -0.2) is 0 Å². The number of ether oxygens (including phenoxy) is 1. The van der Waals surface area contributed by atoms with E-state index in [1.54, 1.807) is 37.4 Å². The number of carbonyl (C=O) groups excluding carboxylic acids is 2. The second-order valence-electron chi connectivity index (χ2n) is 4.83. The summed E-state index contributed by atoms with van der Waals surface area (Å²) in [6.45, 7) is 1.86. The first-order chi connectivity index (χ1) is 10.6. The first-order valence-corrected chi connectivity index (χ1v) is 6.87. The summed E-state index contributed by atoms with van der Waals surface area (Å²) in [7, 11) is 1.56. The normalized spacial score (nSPS) is 9.91. The molecule has 5 nitrogen and oxygen atoms in total. The minimum Gasteiger partial charge on any atom is -0.497 e. The van der Waals surface area contributed by atoms with Gasteiger partial charge in [-0.2, -0.15) is 0 Å². The predicted molar refractivity (Wildman–Crippen MR) is 85.1 cm³/mol. The van der Waals surface area contributed by atoms with Crippen molar-refractivity contribution in [3.8, 4) is 5.75 Å². The molecule has 0 bridgehead atoms. The highest BCUT2D eigenvalue weighted by molar-refractivity contribution is 5.99. The molecule has 2 rings (SSSR count). The molecule has 0 saturated carbocycles. The molecule has 0 fully saturated rings. The van der Waals surface area contributed by atoms with Gasteiger partial charge in [0.25, 0.3) is 5.91 Å². The third kappa shape index (κ3) is 4.34. The fourth-order valence-corrected chi connectivity index (χ4v) is 1.93. The number of methoxy groups -OCH3 is 1. The molecule has 5 heteroatoms. The predicted octanol–water partition coefficient (Wildman–Crippen LogP) is 2.37. The van der Waals surface area contributed by atoms with E-state index in [1.807, 2.05) is 25.1 Å². The summed E-state index contributed by atoms with van der Waals surface area (Å²) in [5.41, 5.74) is 2.24. The second-order valence-corrected chi connectivity index (χ2v) is 4.83. The van der Waals surface area contributed by atoms with Crippen molar-refractivity contribution < 1.29 is 14.3 Å². The standard InChI is InChI=1S/C17H18N2O3/c1-12-4-3-5-14(10-12)19-16(20)11-18-17(21)13-6-8-15(22-2)9-7-13/h3-10H,11H2,1-2H3,(H,18,21)(H,19,20). The molecule has 2 amide bonds. The summed E-state index contributed by atoms with van der Waals surface area (Å²) in [5, 5.41) is 5.31. The lowest BCUT2D eigenvalue weighted by Crippen LogP contribution is -2.32. The average Bonchev–Trinajstić information content (AvgIpc) is 2.52. The summed E-state index contributed by atoms with van der Waals surface area (Å²) < 4.78 is 5.03. The number of hydrogen-bond acceptors (Lipinski definition) is 3. The molecule has 0 radical (unpaired) electrons. The van der Waals surface area contributed by atoms with Gasteiger partial charge in [0.05, 0.1) is 13.7 Å². The van der Waals surface area contributed by atoms with Crippen LogP contribution >= 0.6 is 0 Å². The SMILES string of the molecule is COc1ccc(C(=O)NCC(=O)Nc2cccc(C)c2)cc1. The minimum atomic E-state index is -0.304. The average molecular weight is 298 g/mol. The first kappa shape index (κ1) is 15.6. The zero-order chi connectivity index (χ0) is 15.9. The van der Waals surface area contributed by atoms with Crippen LogP contribution in [0.5, 0.6) is 5.75 Å². The Bertz CT molecular complexity index is 666. The molecular formula is C17H18N2O3. The van der Waals surface area contributed by atoms with Crippen LogP contribution in [0.4, 0.5) is 5.69 Å². The minimum absolute atomic E-state index is 0.0845. The Morgan fingerprint density at radius 1 is 1.09 bits per heavy atom. The second kappa shape index (κ2) is 7.26. The number of aryl methyl sites for hydroxylation is 1. The third-order valence-electron chi connectivity index (χ3n) is 3.06. The maximum Gasteiger partial charge on any atom is 0.251 e. The Hall–Kier alpha value is -2.82. The molecule has 2 N–H and O–H groups in total. The van der Waals surface area contributed by atoms with E-state index in [9.17, 15) is 9.59 Å². The van der Waals surface area contributed by atoms with Crippen molar-refractivity contribution in [2.24, 2.45) is 0 Å². The van der Waals surface area contributed by atoms with Gasteiger partial charge in [0.2, 0.25) is 5.91 Å². The Kier molecular flexibility index (Phi) is 5.14. The Balaban J connectivity index is 1.86. The molecule has 0 heterocycles. The van der Waals surface area contributed by atoms with E-state index in [2.05, 4.69) is 10.6 Å². The van der Waals surface area contributed by atoms with Crippen LogP contribution in [0.15, 0.2) is 48.5 Å². The van der Waals surface area contributed by atoms with Gasteiger partial charge in [0, 0.05) is 11.3 Å². The van der Waals surface area contributed by atoms with Crippen molar-refractivity contribution in [2.45, 2.75) is 6.92 Å². The number of anilines is 1. The van der Waals surface area contributed by atoms with Gasteiger partial charge < -0.3 is 15.4 Å². The highest BCUT2D eigenvalue weighted by atomic mass is 16.5. The van der Waals surface area contributed by atoms with Crippen LogP contribution in [0, 0.1) is 6.92 Å². The molecule has 0 atom stereocenters. The van der Waals surface area contributed by atoms with E-state index in [0.717, 1.165) is 5.56 Å². The van der Waals surface area contributed by atoms with Gasteiger partial charge in [0.15, 0.2) is 0 Å². The van der Waals surface area contributed by atoms with Crippen LogP contribution < -0.4 is 15.4 Å². The van der Waals surface area contributed by atoms with E-state index >= 15 is 0 Å². The van der Waals surface area contributed by atoms with Crippen LogP contribution in [-0.2, 0) is 4.79 Å². The monoisotopic (exact) mass is 298 g/mol. The summed E-state index contributed by atoms with van der Waals surface area (Å²) in [6.07, 6.45) is 0. The quantitative estimate of drug-likeness (QED) is 0.890. The molecule has 2 aromatic rings. The maximum absolute atomic E-state index is 11.9. The zero-order valence-corrected chi connectivity index (χ0v) is 12.6. The maximum atomic E-state index is 11.9. The lowest BCUT2D eigenvalue weighted by atomic mass is 10.2. The lowest BCUT2D eigenvalue weighted by molar-refractivity contribution is -0.115. The highest BCUT2D eigenvalue weighted by Gasteiger charge is 2.08. The van der Waals surface area contributed by atoms with Crippen LogP contribution in [0.25, 0.3) is 0 Å². The van der Waals surface area contributed by atoms with Crippen molar-refractivity contribution in [3.63, 3.8) is 0 Å². The molecule has 0 aliphatic heterocycles. The summed E-state index contributed by atoms with van der Waals surface area (Å²) in [4.78, 5) is 23.7. The smallest absolute Gasteiger partial charge is 0.251 e. The van der Waals surface area contributed by atoms with E-state index in [1.165, 1.54) is 0 Å². The van der Waals surface area contributed by atoms with Gasteiger partial charge in [-0.05, 0) is 48.9 Å². The van der Waals surface area contributed by atoms with Gasteiger partial charge in [0.1, 0.15) is 5.75 Å². The van der Waals surface area contributed by atoms with E-state index in [0.29, 0.717) is 17.0 Å². The van der Waals surface area contributed by atoms with Gasteiger partial charge in [-0.15, -0.1) is 0 Å². The number of rotatable bonds is 5. The summed E-state index contributed by atoms with van der Waals surface area (Å²) >= 11 is 0. The number of nitrogens with one attached hydrogen (secondary N) is 2. The Labute approximate surface area is 129 Å². The third-order valence-corrected chi connectivity index (χ3v) is 3.06. The van der Waals surface area contributed by atoms with Gasteiger partial charge >= 0.3 is 0 Å². The van der Waals surface area contributed by atoms with Crippen molar-refractivity contribution in [3.05, 3.63) is 59.7 Å². The van der Waals surface area contributed by atoms with Crippen LogP contribution in [0.3, 0.4) is 0 Å². The topological polar surface area (TPSA) is 67.4 Å². The molecule has 2 aromatic carbocycles. The number of benzene rings is 2. The molecule has 0 aliphatic rings. The molecular weight excluding hydrogens is 280 g/mol. The fraction of sp³-hybridized carbons (Fsp3) is 0.176. The number of amides is 2. The van der Waals surface area contributed by atoms with Crippen molar-refractivity contribution in [2.75, 3.05) is 19.0 Å². The van der Waals surface area contributed by atoms with Gasteiger partial charge in [-0.1, -0.05) is 12.1 Å². The molecule has 0 spiro atoms. The fourth-order valence-electron chi connectivity index (χ4n) is 1.93. The van der Waals surface area contributed by atoms with Crippen LogP contribution in [-0.4, -0.2) is 25.5 Å². The molecule has 0 saturated heterocycles. The van der Waals surface area contributed by atoms with E-state index < -0.39 is 0 Å². The molecule has 22 heavy (non-hydrogen) atoms. The molecule has 0 aliphatic carbocycles. The van der Waals surface area contributed by atoms with Crippen molar-refractivity contribution in [1.82, 2.24) is 5.32 Å². The van der Waals surface area contributed by atoms with Gasteiger partial charge in [-0.3, -0.25) is 9.59 Å². The molecule has 0 unspecified atom stereocenters. The van der Waals surface area contributed by atoms with Crippen molar-refractivity contribution in [1.29, 1.82) is 0 Å². The molecule has 114 valence electrons. The largest absolute Gasteiger partial charge is 0.497 e. The van der Waals surface area contributed by atoms with Crippen LogP contribution in [0.1, 0.15) is 15.9 Å².